The lowest BCUT2D eigenvalue weighted by Gasteiger charge is -2.22. The summed E-state index contributed by atoms with van der Waals surface area (Å²) < 4.78 is 5.31. The highest BCUT2D eigenvalue weighted by Crippen LogP contribution is 2.02. The van der Waals surface area contributed by atoms with E-state index in [1.165, 1.54) is 0 Å². The van der Waals surface area contributed by atoms with Crippen molar-refractivity contribution in [1.29, 1.82) is 0 Å². The Kier molecular flexibility index (Phi) is 8.95. The van der Waals surface area contributed by atoms with Crippen LogP contribution >= 0.6 is 0 Å². The average Bonchev–Trinajstić information content (AvgIpc) is 2.33. The van der Waals surface area contributed by atoms with Gasteiger partial charge in [-0.2, -0.15) is 0 Å². The van der Waals surface area contributed by atoms with Gasteiger partial charge in [-0.25, -0.2) is 4.79 Å². The number of amides is 2. The maximum absolute atomic E-state index is 11.6. The zero-order valence-electron chi connectivity index (χ0n) is 12.2. The number of carbonyl (C=O) groups excluding carboxylic acids is 1. The van der Waals surface area contributed by atoms with Gasteiger partial charge in [0.25, 0.3) is 0 Å². The van der Waals surface area contributed by atoms with Crippen molar-refractivity contribution >= 4 is 12.0 Å². The van der Waals surface area contributed by atoms with Gasteiger partial charge in [0.15, 0.2) is 0 Å². The van der Waals surface area contributed by atoms with Crippen LogP contribution in [-0.4, -0.2) is 42.9 Å². The van der Waals surface area contributed by atoms with Gasteiger partial charge < -0.3 is 20.5 Å². The van der Waals surface area contributed by atoms with Crippen molar-refractivity contribution in [3.63, 3.8) is 0 Å². The molecule has 0 saturated heterocycles. The van der Waals surface area contributed by atoms with E-state index in [0.29, 0.717) is 26.2 Å². The predicted octanol–water partition coefficient (Wildman–Crippen LogP) is 1.46. The summed E-state index contributed by atoms with van der Waals surface area (Å²) in [7, 11) is 0. The molecule has 0 aromatic rings. The third-order valence-corrected chi connectivity index (χ3v) is 2.91. The SMILES string of the molecule is CCOCC(NC(=O)NCCC(C)C(=O)O)C(C)C. The van der Waals surface area contributed by atoms with E-state index >= 15 is 0 Å². The molecule has 0 aliphatic rings. The number of urea groups is 1. The second-order valence-corrected chi connectivity index (χ2v) is 4.94. The molecule has 6 heteroatoms. The molecule has 0 rings (SSSR count). The van der Waals surface area contributed by atoms with Crippen LogP contribution in [0.3, 0.4) is 0 Å². The zero-order chi connectivity index (χ0) is 14.8. The minimum Gasteiger partial charge on any atom is -0.481 e. The van der Waals surface area contributed by atoms with Gasteiger partial charge in [0.2, 0.25) is 0 Å². The summed E-state index contributed by atoms with van der Waals surface area (Å²) in [6.45, 7) is 8.99. The maximum atomic E-state index is 11.6. The number of hydrogen-bond donors (Lipinski definition) is 3. The van der Waals surface area contributed by atoms with Crippen LogP contribution in [0.5, 0.6) is 0 Å². The number of carbonyl (C=O) groups is 2. The number of nitrogens with one attached hydrogen (secondary N) is 2. The van der Waals surface area contributed by atoms with Crippen LogP contribution in [0.2, 0.25) is 0 Å². The second-order valence-electron chi connectivity index (χ2n) is 4.94. The van der Waals surface area contributed by atoms with Crippen molar-refractivity contribution < 1.29 is 19.4 Å². The largest absolute Gasteiger partial charge is 0.481 e. The van der Waals surface area contributed by atoms with E-state index in [4.69, 9.17) is 9.84 Å². The standard InChI is InChI=1S/C13H26N2O4/c1-5-19-8-11(9(2)3)15-13(18)14-7-6-10(4)12(16)17/h9-11H,5-8H2,1-4H3,(H,16,17)(H2,14,15,18). The summed E-state index contributed by atoms with van der Waals surface area (Å²) in [6.07, 6.45) is 0.417. The van der Waals surface area contributed by atoms with Gasteiger partial charge in [0, 0.05) is 13.2 Å². The van der Waals surface area contributed by atoms with Crippen LogP contribution in [-0.2, 0) is 9.53 Å². The summed E-state index contributed by atoms with van der Waals surface area (Å²) in [5.41, 5.74) is 0. The molecule has 2 atom stereocenters. The van der Waals surface area contributed by atoms with Gasteiger partial charge in [-0.15, -0.1) is 0 Å². The van der Waals surface area contributed by atoms with Crippen LogP contribution in [0.25, 0.3) is 0 Å². The Hall–Kier alpha value is -1.30. The summed E-state index contributed by atoms with van der Waals surface area (Å²) in [4.78, 5) is 22.3. The van der Waals surface area contributed by atoms with E-state index < -0.39 is 11.9 Å². The smallest absolute Gasteiger partial charge is 0.315 e. The van der Waals surface area contributed by atoms with Crippen LogP contribution in [0, 0.1) is 11.8 Å². The molecule has 19 heavy (non-hydrogen) atoms. The van der Waals surface area contributed by atoms with Crippen LogP contribution < -0.4 is 10.6 Å². The minimum atomic E-state index is -0.849. The fourth-order valence-electron chi connectivity index (χ4n) is 1.39. The van der Waals surface area contributed by atoms with Crippen LogP contribution in [0.1, 0.15) is 34.1 Å². The van der Waals surface area contributed by atoms with Gasteiger partial charge in [-0.1, -0.05) is 20.8 Å². The highest BCUT2D eigenvalue weighted by molar-refractivity contribution is 5.74. The molecule has 0 fully saturated rings. The third kappa shape index (κ3) is 8.42. The molecule has 0 aliphatic heterocycles. The summed E-state index contributed by atoms with van der Waals surface area (Å²) in [5.74, 6) is -1.03. The van der Waals surface area contributed by atoms with Gasteiger partial charge in [0.05, 0.1) is 18.6 Å². The molecule has 112 valence electrons. The molecule has 0 aliphatic carbocycles. The molecular formula is C13H26N2O4. The van der Waals surface area contributed by atoms with E-state index in [2.05, 4.69) is 10.6 Å². The quantitative estimate of drug-likeness (QED) is 0.594. The summed E-state index contributed by atoms with van der Waals surface area (Å²) in [5, 5.41) is 14.2. The molecule has 6 nitrogen and oxygen atoms in total. The van der Waals surface area contributed by atoms with Crippen molar-refractivity contribution in [3.8, 4) is 0 Å². The highest BCUT2D eigenvalue weighted by atomic mass is 16.5. The van der Waals surface area contributed by atoms with Crippen molar-refractivity contribution in [2.75, 3.05) is 19.8 Å². The predicted molar refractivity (Wildman–Crippen MR) is 73.1 cm³/mol. The fraction of sp³-hybridized carbons (Fsp3) is 0.846. The van der Waals surface area contributed by atoms with E-state index in [0.717, 1.165) is 0 Å². The molecule has 2 unspecified atom stereocenters. The number of rotatable bonds is 9. The molecule has 0 aromatic carbocycles. The first-order valence-electron chi connectivity index (χ1n) is 6.73. The Morgan fingerprint density at radius 1 is 1.26 bits per heavy atom. The first kappa shape index (κ1) is 17.7. The monoisotopic (exact) mass is 274 g/mol. The van der Waals surface area contributed by atoms with Crippen molar-refractivity contribution in [2.45, 2.75) is 40.2 Å². The first-order valence-corrected chi connectivity index (χ1v) is 6.73. The molecule has 0 saturated carbocycles. The number of ether oxygens (including phenoxy) is 1. The van der Waals surface area contributed by atoms with Gasteiger partial charge >= 0.3 is 12.0 Å². The Bertz CT molecular complexity index is 282. The molecular weight excluding hydrogens is 248 g/mol. The molecule has 0 spiro atoms. The Morgan fingerprint density at radius 3 is 2.37 bits per heavy atom. The average molecular weight is 274 g/mol. The van der Waals surface area contributed by atoms with E-state index in [9.17, 15) is 9.59 Å². The molecule has 0 radical (unpaired) electrons. The lowest BCUT2D eigenvalue weighted by atomic mass is 10.1. The van der Waals surface area contributed by atoms with E-state index in [-0.39, 0.29) is 18.0 Å². The van der Waals surface area contributed by atoms with Gasteiger partial charge in [-0.3, -0.25) is 4.79 Å². The maximum Gasteiger partial charge on any atom is 0.315 e. The third-order valence-electron chi connectivity index (χ3n) is 2.91. The van der Waals surface area contributed by atoms with Crippen molar-refractivity contribution in [1.82, 2.24) is 10.6 Å². The van der Waals surface area contributed by atoms with E-state index in [1.807, 2.05) is 20.8 Å². The van der Waals surface area contributed by atoms with Gasteiger partial charge in [0.1, 0.15) is 0 Å². The topological polar surface area (TPSA) is 87.7 Å². The Labute approximate surface area is 114 Å². The number of hydrogen-bond acceptors (Lipinski definition) is 3. The van der Waals surface area contributed by atoms with E-state index in [1.54, 1.807) is 6.92 Å². The lowest BCUT2D eigenvalue weighted by molar-refractivity contribution is -0.141. The lowest BCUT2D eigenvalue weighted by Crippen LogP contribution is -2.47. The van der Waals surface area contributed by atoms with Crippen LogP contribution in [0.4, 0.5) is 4.79 Å². The highest BCUT2D eigenvalue weighted by Gasteiger charge is 2.16. The summed E-state index contributed by atoms with van der Waals surface area (Å²) in [6, 6.07) is -0.326. The molecule has 0 aromatic heterocycles. The van der Waals surface area contributed by atoms with Gasteiger partial charge in [-0.05, 0) is 19.3 Å². The summed E-state index contributed by atoms with van der Waals surface area (Å²) >= 11 is 0. The van der Waals surface area contributed by atoms with Crippen LogP contribution in [0.15, 0.2) is 0 Å². The molecule has 0 bridgehead atoms. The Morgan fingerprint density at radius 2 is 1.89 bits per heavy atom. The fourth-order valence-corrected chi connectivity index (χ4v) is 1.39. The van der Waals surface area contributed by atoms with Crippen molar-refractivity contribution in [3.05, 3.63) is 0 Å². The number of aliphatic carboxylic acids is 1. The normalized spacial score (nSPS) is 13.9. The zero-order valence-corrected chi connectivity index (χ0v) is 12.2. The Balaban J connectivity index is 3.96. The molecule has 3 N–H and O–H groups in total. The van der Waals surface area contributed by atoms with Crippen molar-refractivity contribution in [2.24, 2.45) is 11.8 Å². The molecule has 0 heterocycles. The second kappa shape index (κ2) is 9.61. The number of carboxylic acid groups (broad SMARTS) is 1. The first-order chi connectivity index (χ1) is 8.88. The molecule has 2 amide bonds. The minimum absolute atomic E-state index is 0.0446. The number of carboxylic acids is 1.